The predicted molar refractivity (Wildman–Crippen MR) is 79.5 cm³/mol. The van der Waals surface area contributed by atoms with Crippen LogP contribution in [0.25, 0.3) is 0 Å². The summed E-state index contributed by atoms with van der Waals surface area (Å²) in [6.07, 6.45) is 0. The van der Waals surface area contributed by atoms with Crippen molar-refractivity contribution in [1.29, 1.82) is 0 Å². The van der Waals surface area contributed by atoms with Crippen molar-refractivity contribution in [1.82, 2.24) is 0 Å². The first kappa shape index (κ1) is 15.8. The second kappa shape index (κ2) is 6.44. The normalized spacial score (nSPS) is 11.2. The summed E-state index contributed by atoms with van der Waals surface area (Å²) >= 11 is 3.19. The molecule has 0 aliphatic carbocycles. The summed E-state index contributed by atoms with van der Waals surface area (Å²) in [5.74, 6) is -0.967. The highest BCUT2D eigenvalue weighted by molar-refractivity contribution is 9.10. The van der Waals surface area contributed by atoms with Crippen molar-refractivity contribution in [2.75, 3.05) is 6.61 Å². The van der Waals surface area contributed by atoms with Crippen LogP contribution in [-0.2, 0) is 10.1 Å². The molecule has 0 atom stereocenters. The van der Waals surface area contributed by atoms with Crippen molar-refractivity contribution in [3.63, 3.8) is 0 Å². The third-order valence-corrected chi connectivity index (χ3v) is 4.26. The Morgan fingerprint density at radius 1 is 1.14 bits per heavy atom. The highest BCUT2D eigenvalue weighted by atomic mass is 79.9. The zero-order valence-corrected chi connectivity index (χ0v) is 13.4. The molecular weight excluding hydrogens is 363 g/mol. The van der Waals surface area contributed by atoms with E-state index in [0.29, 0.717) is 11.1 Å². The van der Waals surface area contributed by atoms with Gasteiger partial charge in [-0.1, -0.05) is 28.1 Å². The van der Waals surface area contributed by atoms with E-state index in [9.17, 15) is 12.8 Å². The topological polar surface area (TPSA) is 52.6 Å². The first-order chi connectivity index (χ1) is 9.94. The van der Waals surface area contributed by atoms with Gasteiger partial charge in [0.05, 0.1) is 6.61 Å². The monoisotopic (exact) mass is 374 g/mol. The van der Waals surface area contributed by atoms with Crippen molar-refractivity contribution in [3.8, 4) is 11.5 Å². The van der Waals surface area contributed by atoms with E-state index in [2.05, 4.69) is 15.9 Å². The maximum absolute atomic E-state index is 13.5. The fourth-order valence-corrected chi connectivity index (χ4v) is 3.25. The minimum absolute atomic E-state index is 0.150. The number of hydrogen-bond donors (Lipinski definition) is 0. The van der Waals surface area contributed by atoms with Crippen LogP contribution < -0.4 is 8.92 Å². The van der Waals surface area contributed by atoms with Crippen LogP contribution in [-0.4, -0.2) is 15.0 Å². The fraction of sp³-hybridized carbons (Fsp3) is 0.143. The highest BCUT2D eigenvalue weighted by Crippen LogP contribution is 2.30. The minimum Gasteiger partial charge on any atom is -0.492 e. The molecule has 0 aliphatic heterocycles. The second-order valence-corrected chi connectivity index (χ2v) is 6.42. The molecule has 21 heavy (non-hydrogen) atoms. The Balaban J connectivity index is 2.44. The third-order valence-electron chi connectivity index (χ3n) is 2.51. The molecule has 112 valence electrons. The van der Waals surface area contributed by atoms with Gasteiger partial charge >= 0.3 is 10.1 Å². The quantitative estimate of drug-likeness (QED) is 0.747. The third kappa shape index (κ3) is 3.74. The van der Waals surface area contributed by atoms with Crippen molar-refractivity contribution in [2.24, 2.45) is 0 Å². The van der Waals surface area contributed by atoms with Gasteiger partial charge in [0.25, 0.3) is 0 Å². The van der Waals surface area contributed by atoms with Gasteiger partial charge in [-0.25, -0.2) is 4.39 Å². The van der Waals surface area contributed by atoms with Crippen molar-refractivity contribution < 1.29 is 21.7 Å². The molecule has 0 N–H and O–H groups in total. The van der Waals surface area contributed by atoms with E-state index in [1.165, 1.54) is 30.3 Å². The van der Waals surface area contributed by atoms with Gasteiger partial charge in [-0.2, -0.15) is 8.42 Å². The van der Waals surface area contributed by atoms with E-state index in [0.717, 1.165) is 6.07 Å². The summed E-state index contributed by atoms with van der Waals surface area (Å²) in [7, 11) is -4.21. The van der Waals surface area contributed by atoms with Crippen molar-refractivity contribution in [3.05, 3.63) is 52.8 Å². The molecule has 0 aromatic heterocycles. The molecule has 0 amide bonds. The number of hydrogen-bond acceptors (Lipinski definition) is 4. The van der Waals surface area contributed by atoms with E-state index in [1.54, 1.807) is 13.0 Å². The van der Waals surface area contributed by atoms with Gasteiger partial charge in [0, 0.05) is 4.47 Å². The van der Waals surface area contributed by atoms with Gasteiger partial charge in [0.1, 0.15) is 10.6 Å². The van der Waals surface area contributed by atoms with Gasteiger partial charge < -0.3 is 8.92 Å². The second-order valence-electron chi connectivity index (χ2n) is 3.99. The molecular formula is C14H12BrFO4S. The van der Waals surface area contributed by atoms with E-state index >= 15 is 0 Å². The first-order valence-electron chi connectivity index (χ1n) is 6.05. The Morgan fingerprint density at radius 3 is 2.52 bits per heavy atom. The Morgan fingerprint density at radius 2 is 1.86 bits per heavy atom. The molecule has 2 aromatic rings. The number of rotatable bonds is 5. The Kier molecular flexibility index (Phi) is 4.84. The van der Waals surface area contributed by atoms with Crippen molar-refractivity contribution >= 4 is 26.0 Å². The van der Waals surface area contributed by atoms with Gasteiger partial charge in [-0.05, 0) is 37.3 Å². The van der Waals surface area contributed by atoms with E-state index in [-0.39, 0.29) is 16.4 Å². The van der Waals surface area contributed by atoms with Crippen molar-refractivity contribution in [2.45, 2.75) is 11.8 Å². The van der Waals surface area contributed by atoms with E-state index in [1.807, 2.05) is 0 Å². The zero-order chi connectivity index (χ0) is 15.5. The number of ether oxygens (including phenoxy) is 1. The molecule has 0 spiro atoms. The van der Waals surface area contributed by atoms with E-state index in [4.69, 9.17) is 8.92 Å². The number of para-hydroxylation sites is 1. The molecule has 0 saturated heterocycles. The summed E-state index contributed by atoms with van der Waals surface area (Å²) in [6.45, 7) is 2.03. The molecule has 0 fully saturated rings. The molecule has 2 aromatic carbocycles. The molecule has 0 unspecified atom stereocenters. The lowest BCUT2D eigenvalue weighted by atomic mass is 10.3. The largest absolute Gasteiger partial charge is 0.492 e. The van der Waals surface area contributed by atoms with Crippen LogP contribution in [0.5, 0.6) is 11.5 Å². The summed E-state index contributed by atoms with van der Waals surface area (Å²) in [4.78, 5) is -0.165. The summed E-state index contributed by atoms with van der Waals surface area (Å²) < 4.78 is 48.8. The predicted octanol–water partition coefficient (Wildman–Crippen LogP) is 3.75. The van der Waals surface area contributed by atoms with Gasteiger partial charge in [-0.3, -0.25) is 0 Å². The van der Waals surface area contributed by atoms with Gasteiger partial charge in [0.2, 0.25) is 0 Å². The average molecular weight is 375 g/mol. The van der Waals surface area contributed by atoms with Crippen LogP contribution in [0.3, 0.4) is 0 Å². The molecule has 0 aliphatic rings. The lowest BCUT2D eigenvalue weighted by Crippen LogP contribution is -2.12. The standard InChI is InChI=1S/C14H12BrFO4S/c1-2-19-13-8-7-10(15)9-14(13)21(17,18)20-12-6-4-3-5-11(12)16/h3-9H,2H2,1H3. The lowest BCUT2D eigenvalue weighted by Gasteiger charge is -2.12. The van der Waals surface area contributed by atoms with Crippen LogP contribution >= 0.6 is 15.9 Å². The first-order valence-corrected chi connectivity index (χ1v) is 8.25. The molecule has 4 nitrogen and oxygen atoms in total. The van der Waals surface area contributed by atoms with Crippen LogP contribution in [0, 0.1) is 5.82 Å². The minimum atomic E-state index is -4.21. The summed E-state index contributed by atoms with van der Waals surface area (Å²) in [5.41, 5.74) is 0. The maximum atomic E-state index is 13.5. The molecule has 7 heteroatoms. The lowest BCUT2D eigenvalue weighted by molar-refractivity contribution is 0.329. The molecule has 2 rings (SSSR count). The Labute approximate surface area is 130 Å². The zero-order valence-electron chi connectivity index (χ0n) is 11.0. The molecule has 0 saturated carbocycles. The highest BCUT2D eigenvalue weighted by Gasteiger charge is 2.23. The Hall–Kier alpha value is -1.60. The summed E-state index contributed by atoms with van der Waals surface area (Å²) in [6, 6.07) is 9.79. The maximum Gasteiger partial charge on any atom is 0.343 e. The van der Waals surface area contributed by atoms with Crippen LogP contribution in [0.4, 0.5) is 4.39 Å². The van der Waals surface area contributed by atoms with Gasteiger partial charge in [-0.15, -0.1) is 0 Å². The molecule has 0 heterocycles. The molecule has 0 radical (unpaired) electrons. The SMILES string of the molecule is CCOc1ccc(Br)cc1S(=O)(=O)Oc1ccccc1F. The van der Waals surface area contributed by atoms with Crippen LogP contribution in [0.1, 0.15) is 6.92 Å². The summed E-state index contributed by atoms with van der Waals surface area (Å²) in [5, 5.41) is 0. The number of halogens is 2. The van der Waals surface area contributed by atoms with Gasteiger partial charge in [0.15, 0.2) is 11.6 Å². The van der Waals surface area contributed by atoms with Crippen LogP contribution in [0.2, 0.25) is 0 Å². The fourth-order valence-electron chi connectivity index (χ4n) is 1.63. The average Bonchev–Trinajstić information content (AvgIpc) is 2.43. The molecule has 0 bridgehead atoms. The Bertz CT molecular complexity index is 746. The number of benzene rings is 2. The smallest absolute Gasteiger partial charge is 0.343 e. The van der Waals surface area contributed by atoms with E-state index < -0.39 is 15.9 Å². The van der Waals surface area contributed by atoms with Crippen LogP contribution in [0.15, 0.2) is 51.8 Å².